The Morgan fingerprint density at radius 2 is 2.21 bits per heavy atom. The maximum absolute atomic E-state index is 12.1. The van der Waals surface area contributed by atoms with Gasteiger partial charge in [0.25, 0.3) is 5.91 Å². The van der Waals surface area contributed by atoms with Gasteiger partial charge in [-0.3, -0.25) is 9.78 Å². The first kappa shape index (κ1) is 15.2. The number of hydrogen-bond donors (Lipinski definition) is 2. The van der Waals surface area contributed by atoms with Crippen molar-refractivity contribution < 1.29 is 4.79 Å². The molecule has 1 aromatic heterocycles. The molecule has 0 bridgehead atoms. The number of rotatable bonds is 4. The van der Waals surface area contributed by atoms with Crippen LogP contribution in [0.5, 0.6) is 0 Å². The topological polar surface area (TPSA) is 68.0 Å². The highest BCUT2D eigenvalue weighted by Gasteiger charge is 2.14. The van der Waals surface area contributed by atoms with Crippen LogP contribution in [0.1, 0.15) is 43.1 Å². The highest BCUT2D eigenvalue weighted by atomic mass is 16.1. The number of pyridine rings is 1. The molecule has 1 heterocycles. The van der Waals surface area contributed by atoms with Gasteiger partial charge in [-0.15, -0.1) is 0 Å². The lowest BCUT2D eigenvalue weighted by molar-refractivity contribution is 0.0927. The van der Waals surface area contributed by atoms with E-state index in [-0.39, 0.29) is 11.9 Å². The molecule has 0 spiro atoms. The Labute approximate surface area is 114 Å². The summed E-state index contributed by atoms with van der Waals surface area (Å²) < 4.78 is 0. The number of hydrogen-bond acceptors (Lipinski definition) is 3. The van der Waals surface area contributed by atoms with E-state index in [4.69, 9.17) is 5.73 Å². The molecule has 0 aliphatic carbocycles. The number of nitrogens with two attached hydrogens (primary N) is 1. The van der Waals surface area contributed by atoms with Gasteiger partial charge >= 0.3 is 0 Å². The van der Waals surface area contributed by atoms with Gasteiger partial charge in [-0.25, -0.2) is 0 Å². The highest BCUT2D eigenvalue weighted by Crippen LogP contribution is 2.08. The molecule has 0 fully saturated rings. The number of nitrogens with one attached hydrogen (secondary N) is 1. The Morgan fingerprint density at radius 3 is 2.84 bits per heavy atom. The van der Waals surface area contributed by atoms with Crippen LogP contribution in [-0.4, -0.2) is 23.5 Å². The Morgan fingerprint density at radius 1 is 1.47 bits per heavy atom. The SMILES string of the molecule is CCC(C)C(C)NC(=O)c1cncc(C#CCN)c1. The van der Waals surface area contributed by atoms with Crippen molar-refractivity contribution in [1.29, 1.82) is 0 Å². The molecule has 19 heavy (non-hydrogen) atoms. The Bertz CT molecular complexity index is 488. The third-order valence-electron chi connectivity index (χ3n) is 3.19. The van der Waals surface area contributed by atoms with Crippen LogP contribution < -0.4 is 11.1 Å². The number of aromatic nitrogens is 1. The quantitative estimate of drug-likeness (QED) is 0.806. The molecule has 1 rings (SSSR count). The van der Waals surface area contributed by atoms with E-state index >= 15 is 0 Å². The van der Waals surface area contributed by atoms with Crippen molar-refractivity contribution >= 4 is 5.91 Å². The summed E-state index contributed by atoms with van der Waals surface area (Å²) in [7, 11) is 0. The van der Waals surface area contributed by atoms with Crippen LogP contribution >= 0.6 is 0 Å². The first-order chi connectivity index (χ1) is 9.08. The lowest BCUT2D eigenvalue weighted by Gasteiger charge is -2.19. The second-order valence-corrected chi connectivity index (χ2v) is 4.62. The van der Waals surface area contributed by atoms with E-state index in [0.29, 0.717) is 23.6 Å². The molecule has 0 saturated heterocycles. The van der Waals surface area contributed by atoms with Gasteiger partial charge in [-0.1, -0.05) is 32.1 Å². The van der Waals surface area contributed by atoms with E-state index in [2.05, 4.69) is 36.0 Å². The number of carbonyl (C=O) groups excluding carboxylic acids is 1. The predicted molar refractivity (Wildman–Crippen MR) is 76.6 cm³/mol. The van der Waals surface area contributed by atoms with Gasteiger partial charge in [0.1, 0.15) is 0 Å². The van der Waals surface area contributed by atoms with Crippen molar-refractivity contribution in [2.75, 3.05) is 6.54 Å². The van der Waals surface area contributed by atoms with Crippen LogP contribution in [0.3, 0.4) is 0 Å². The molecule has 0 aromatic carbocycles. The molecule has 0 radical (unpaired) electrons. The minimum atomic E-state index is -0.114. The molecule has 3 N–H and O–H groups in total. The number of carbonyl (C=O) groups is 1. The van der Waals surface area contributed by atoms with Crippen molar-refractivity contribution in [3.8, 4) is 11.8 Å². The van der Waals surface area contributed by atoms with Gasteiger partial charge in [0.05, 0.1) is 12.1 Å². The van der Waals surface area contributed by atoms with Crippen molar-refractivity contribution in [3.63, 3.8) is 0 Å². The van der Waals surface area contributed by atoms with E-state index in [1.165, 1.54) is 0 Å². The molecule has 0 aliphatic rings. The van der Waals surface area contributed by atoms with E-state index in [9.17, 15) is 4.79 Å². The van der Waals surface area contributed by atoms with Crippen LogP contribution in [-0.2, 0) is 0 Å². The lowest BCUT2D eigenvalue weighted by Crippen LogP contribution is -2.36. The molecule has 4 nitrogen and oxygen atoms in total. The number of nitrogens with zero attached hydrogens (tertiary/aromatic N) is 1. The Hall–Kier alpha value is -1.86. The summed E-state index contributed by atoms with van der Waals surface area (Å²) in [6.45, 7) is 6.53. The molecule has 102 valence electrons. The van der Waals surface area contributed by atoms with E-state index < -0.39 is 0 Å². The van der Waals surface area contributed by atoms with E-state index in [0.717, 1.165) is 6.42 Å². The average molecular weight is 259 g/mol. The monoisotopic (exact) mass is 259 g/mol. The molecule has 2 unspecified atom stereocenters. The normalized spacial score (nSPS) is 13.1. The van der Waals surface area contributed by atoms with Crippen molar-refractivity contribution in [2.24, 2.45) is 11.7 Å². The summed E-state index contributed by atoms with van der Waals surface area (Å²) in [6.07, 6.45) is 4.20. The summed E-state index contributed by atoms with van der Waals surface area (Å²) in [4.78, 5) is 16.1. The van der Waals surface area contributed by atoms with Gasteiger partial charge < -0.3 is 11.1 Å². The van der Waals surface area contributed by atoms with Crippen molar-refractivity contribution in [1.82, 2.24) is 10.3 Å². The summed E-state index contributed by atoms with van der Waals surface area (Å²) in [5.74, 6) is 5.94. The number of amides is 1. The third kappa shape index (κ3) is 4.72. The van der Waals surface area contributed by atoms with Gasteiger partial charge in [0.15, 0.2) is 0 Å². The maximum Gasteiger partial charge on any atom is 0.253 e. The fraction of sp³-hybridized carbons (Fsp3) is 0.467. The average Bonchev–Trinajstić information content (AvgIpc) is 2.44. The zero-order chi connectivity index (χ0) is 14.3. The van der Waals surface area contributed by atoms with Crippen molar-refractivity contribution in [2.45, 2.75) is 33.2 Å². The van der Waals surface area contributed by atoms with Crippen LogP contribution in [0.25, 0.3) is 0 Å². The first-order valence-corrected chi connectivity index (χ1v) is 6.53. The maximum atomic E-state index is 12.1. The zero-order valence-corrected chi connectivity index (χ0v) is 11.7. The minimum Gasteiger partial charge on any atom is -0.349 e. The van der Waals surface area contributed by atoms with Crippen LogP contribution in [0.2, 0.25) is 0 Å². The lowest BCUT2D eigenvalue weighted by atomic mass is 10.0. The predicted octanol–water partition coefficient (Wildman–Crippen LogP) is 1.56. The molecule has 4 heteroatoms. The fourth-order valence-electron chi connectivity index (χ4n) is 1.57. The molecule has 0 aliphatic heterocycles. The molecule has 0 saturated carbocycles. The second kappa shape index (κ2) is 7.55. The summed E-state index contributed by atoms with van der Waals surface area (Å²) >= 11 is 0. The molecular weight excluding hydrogens is 238 g/mol. The van der Waals surface area contributed by atoms with Crippen LogP contribution in [0.15, 0.2) is 18.5 Å². The van der Waals surface area contributed by atoms with Crippen molar-refractivity contribution in [3.05, 3.63) is 29.6 Å². The standard InChI is InChI=1S/C15H21N3O/c1-4-11(2)12(3)18-15(19)14-8-13(6-5-7-16)9-17-10-14/h8-12H,4,7,16H2,1-3H3,(H,18,19). The zero-order valence-electron chi connectivity index (χ0n) is 11.7. The summed E-state index contributed by atoms with van der Waals surface area (Å²) in [5.41, 5.74) is 6.55. The Balaban J connectivity index is 2.77. The smallest absolute Gasteiger partial charge is 0.253 e. The van der Waals surface area contributed by atoms with Gasteiger partial charge in [0, 0.05) is 24.0 Å². The second-order valence-electron chi connectivity index (χ2n) is 4.62. The van der Waals surface area contributed by atoms with Gasteiger partial charge in [0.2, 0.25) is 0 Å². The molecule has 1 aromatic rings. The van der Waals surface area contributed by atoms with E-state index in [1.807, 2.05) is 6.92 Å². The molecule has 1 amide bonds. The minimum absolute atomic E-state index is 0.114. The van der Waals surface area contributed by atoms with Crippen LogP contribution in [0.4, 0.5) is 0 Å². The molecular formula is C15H21N3O. The largest absolute Gasteiger partial charge is 0.349 e. The fourth-order valence-corrected chi connectivity index (χ4v) is 1.57. The Kier molecular flexibility index (Phi) is 6.04. The highest BCUT2D eigenvalue weighted by molar-refractivity contribution is 5.94. The molecule has 2 atom stereocenters. The first-order valence-electron chi connectivity index (χ1n) is 6.53. The third-order valence-corrected chi connectivity index (χ3v) is 3.19. The van der Waals surface area contributed by atoms with Gasteiger partial charge in [-0.05, 0) is 18.9 Å². The summed E-state index contributed by atoms with van der Waals surface area (Å²) in [6, 6.07) is 1.87. The summed E-state index contributed by atoms with van der Waals surface area (Å²) in [5, 5.41) is 2.98. The van der Waals surface area contributed by atoms with Crippen LogP contribution in [0, 0.1) is 17.8 Å². The van der Waals surface area contributed by atoms with Gasteiger partial charge in [-0.2, -0.15) is 0 Å². The van der Waals surface area contributed by atoms with E-state index in [1.54, 1.807) is 18.5 Å².